The highest BCUT2D eigenvalue weighted by atomic mass is 16.5. The van der Waals surface area contributed by atoms with E-state index in [4.69, 9.17) is 9.47 Å². The van der Waals surface area contributed by atoms with Crippen LogP contribution in [0.2, 0.25) is 0 Å². The van der Waals surface area contributed by atoms with Gasteiger partial charge in [0.25, 0.3) is 0 Å². The predicted octanol–water partition coefficient (Wildman–Crippen LogP) is 3.36. The highest BCUT2D eigenvalue weighted by molar-refractivity contribution is 5.84. The van der Waals surface area contributed by atoms with Gasteiger partial charge in [-0.1, -0.05) is 42.5 Å². The third kappa shape index (κ3) is 5.98. The van der Waals surface area contributed by atoms with Crippen molar-refractivity contribution < 1.29 is 19.4 Å². The van der Waals surface area contributed by atoms with E-state index in [1.165, 1.54) is 11.1 Å². The van der Waals surface area contributed by atoms with Crippen LogP contribution in [0.1, 0.15) is 11.1 Å². The third-order valence-electron chi connectivity index (χ3n) is 7.58. The van der Waals surface area contributed by atoms with E-state index < -0.39 is 6.10 Å². The summed E-state index contributed by atoms with van der Waals surface area (Å²) in [5.41, 5.74) is 6.53. The van der Waals surface area contributed by atoms with E-state index >= 15 is 0 Å². The lowest BCUT2D eigenvalue weighted by atomic mass is 10.00. The molecule has 1 N–H and O–H groups in total. The number of morpholine rings is 1. The monoisotopic (exact) mass is 526 g/mol. The van der Waals surface area contributed by atoms with Crippen LogP contribution in [0.5, 0.6) is 5.75 Å². The van der Waals surface area contributed by atoms with Crippen molar-refractivity contribution >= 4 is 16.9 Å². The minimum absolute atomic E-state index is 0.0747. The minimum Gasteiger partial charge on any atom is -0.491 e. The largest absolute Gasteiger partial charge is 0.491 e. The molecule has 1 fully saturated rings. The van der Waals surface area contributed by atoms with Crippen LogP contribution in [0.3, 0.4) is 0 Å². The number of imidazole rings is 1. The van der Waals surface area contributed by atoms with E-state index in [-0.39, 0.29) is 19.1 Å². The maximum absolute atomic E-state index is 12.8. The SMILES string of the molecule is O=C(Cn1cnc2ccc(-c3cccc(OCC(O)CN4CCc5ccccc5C4)c3)cc21)N1CCOCC1. The average molecular weight is 527 g/mol. The lowest BCUT2D eigenvalue weighted by Gasteiger charge is -2.30. The molecular weight excluding hydrogens is 492 g/mol. The van der Waals surface area contributed by atoms with Crippen LogP contribution in [0, 0.1) is 0 Å². The Labute approximate surface area is 228 Å². The van der Waals surface area contributed by atoms with E-state index in [1.54, 1.807) is 6.33 Å². The number of carbonyl (C=O) groups excluding carboxylic acids is 1. The fourth-order valence-electron chi connectivity index (χ4n) is 5.44. The second kappa shape index (κ2) is 11.6. The van der Waals surface area contributed by atoms with Crippen molar-refractivity contribution in [2.45, 2.75) is 25.6 Å². The molecule has 8 heteroatoms. The number of rotatable bonds is 8. The molecule has 1 amide bonds. The van der Waals surface area contributed by atoms with Crippen molar-refractivity contribution in [3.05, 3.63) is 84.2 Å². The van der Waals surface area contributed by atoms with Gasteiger partial charge in [-0.2, -0.15) is 0 Å². The first-order chi connectivity index (χ1) is 19.1. The number of aliphatic hydroxyl groups excluding tert-OH is 1. The molecule has 2 aliphatic heterocycles. The van der Waals surface area contributed by atoms with E-state index in [9.17, 15) is 9.90 Å². The maximum atomic E-state index is 12.8. The summed E-state index contributed by atoms with van der Waals surface area (Å²) < 4.78 is 13.3. The van der Waals surface area contributed by atoms with Gasteiger partial charge < -0.3 is 24.0 Å². The number of hydrogen-bond donors (Lipinski definition) is 1. The summed E-state index contributed by atoms with van der Waals surface area (Å²) in [5, 5.41) is 10.7. The lowest BCUT2D eigenvalue weighted by molar-refractivity contribution is -0.135. The van der Waals surface area contributed by atoms with Gasteiger partial charge in [-0.25, -0.2) is 4.98 Å². The first kappa shape index (κ1) is 25.6. The molecule has 8 nitrogen and oxygen atoms in total. The number of nitrogens with zero attached hydrogens (tertiary/aromatic N) is 4. The molecule has 0 saturated carbocycles. The van der Waals surface area contributed by atoms with Gasteiger partial charge in [-0.3, -0.25) is 9.69 Å². The van der Waals surface area contributed by atoms with Crippen molar-refractivity contribution in [2.75, 3.05) is 46.0 Å². The first-order valence-electron chi connectivity index (χ1n) is 13.6. The molecule has 0 spiro atoms. The third-order valence-corrected chi connectivity index (χ3v) is 7.58. The van der Waals surface area contributed by atoms with E-state index in [0.717, 1.165) is 41.7 Å². The van der Waals surface area contributed by atoms with Crippen LogP contribution in [0.25, 0.3) is 22.2 Å². The van der Waals surface area contributed by atoms with Gasteiger partial charge >= 0.3 is 0 Å². The summed E-state index contributed by atoms with van der Waals surface area (Å²) in [7, 11) is 0. The normalized spacial score (nSPS) is 16.7. The van der Waals surface area contributed by atoms with Gasteiger partial charge in [0, 0.05) is 32.7 Å². The zero-order valence-electron chi connectivity index (χ0n) is 22.0. The summed E-state index contributed by atoms with van der Waals surface area (Å²) in [4.78, 5) is 21.4. The topological polar surface area (TPSA) is 80.1 Å². The van der Waals surface area contributed by atoms with Gasteiger partial charge in [0.1, 0.15) is 25.0 Å². The van der Waals surface area contributed by atoms with Crippen LogP contribution < -0.4 is 4.74 Å². The summed E-state index contributed by atoms with van der Waals surface area (Å²) in [6.45, 7) is 5.30. The highest BCUT2D eigenvalue weighted by Crippen LogP contribution is 2.27. The van der Waals surface area contributed by atoms with Crippen molar-refractivity contribution in [3.63, 3.8) is 0 Å². The predicted molar refractivity (Wildman–Crippen MR) is 149 cm³/mol. The molecule has 39 heavy (non-hydrogen) atoms. The molecule has 1 saturated heterocycles. The molecule has 0 bridgehead atoms. The Hall–Kier alpha value is -3.72. The zero-order valence-corrected chi connectivity index (χ0v) is 22.0. The number of ether oxygens (including phenoxy) is 2. The maximum Gasteiger partial charge on any atom is 0.242 e. The van der Waals surface area contributed by atoms with Crippen molar-refractivity contribution in [1.29, 1.82) is 0 Å². The Balaban J connectivity index is 1.09. The fourth-order valence-corrected chi connectivity index (χ4v) is 5.44. The highest BCUT2D eigenvalue weighted by Gasteiger charge is 2.20. The molecule has 1 unspecified atom stereocenters. The molecule has 202 valence electrons. The number of carbonyl (C=O) groups is 1. The number of amides is 1. The van der Waals surface area contributed by atoms with Crippen LogP contribution in [0.15, 0.2) is 73.1 Å². The average Bonchev–Trinajstić information content (AvgIpc) is 3.38. The number of hydrogen-bond acceptors (Lipinski definition) is 6. The smallest absolute Gasteiger partial charge is 0.242 e. The van der Waals surface area contributed by atoms with Gasteiger partial charge in [0.05, 0.1) is 30.6 Å². The van der Waals surface area contributed by atoms with Gasteiger partial charge in [-0.15, -0.1) is 0 Å². The van der Waals surface area contributed by atoms with Crippen LogP contribution in [-0.2, 0) is 29.0 Å². The molecule has 6 rings (SSSR count). The molecule has 0 aliphatic carbocycles. The van der Waals surface area contributed by atoms with Gasteiger partial charge in [0.2, 0.25) is 5.91 Å². The number of aliphatic hydroxyl groups is 1. The van der Waals surface area contributed by atoms with E-state index in [0.29, 0.717) is 38.6 Å². The molecule has 3 heterocycles. The first-order valence-corrected chi connectivity index (χ1v) is 13.6. The summed E-state index contributed by atoms with van der Waals surface area (Å²) in [5.74, 6) is 0.789. The lowest BCUT2D eigenvalue weighted by Crippen LogP contribution is -2.42. The second-order valence-corrected chi connectivity index (χ2v) is 10.3. The quantitative estimate of drug-likeness (QED) is 0.379. The molecule has 3 aromatic carbocycles. The van der Waals surface area contributed by atoms with Crippen molar-refractivity contribution in [2.24, 2.45) is 0 Å². The Morgan fingerprint density at radius 1 is 0.974 bits per heavy atom. The molecule has 0 radical (unpaired) electrons. The van der Waals surface area contributed by atoms with Gasteiger partial charge in [0.15, 0.2) is 0 Å². The van der Waals surface area contributed by atoms with Gasteiger partial charge in [-0.05, 0) is 52.9 Å². The van der Waals surface area contributed by atoms with E-state index in [2.05, 4.69) is 40.2 Å². The Bertz CT molecular complexity index is 1450. The Morgan fingerprint density at radius 3 is 2.67 bits per heavy atom. The fraction of sp³-hybridized carbons (Fsp3) is 0.355. The molecule has 1 atom stereocenters. The minimum atomic E-state index is -0.575. The summed E-state index contributed by atoms with van der Waals surface area (Å²) >= 11 is 0. The van der Waals surface area contributed by atoms with Crippen molar-refractivity contribution in [1.82, 2.24) is 19.4 Å². The second-order valence-electron chi connectivity index (χ2n) is 10.3. The summed E-state index contributed by atoms with van der Waals surface area (Å²) in [6, 6.07) is 22.5. The standard InChI is InChI=1S/C31H34N4O4/c36-27(19-33-11-10-23-4-1-2-5-26(23)18-33)21-39-28-7-3-6-24(16-28)25-8-9-29-30(17-25)35(22-32-29)20-31(37)34-12-14-38-15-13-34/h1-9,16-17,22,27,36H,10-15,18-21H2. The zero-order chi connectivity index (χ0) is 26.6. The number of fused-ring (bicyclic) bond motifs is 2. The van der Waals surface area contributed by atoms with Crippen LogP contribution in [0.4, 0.5) is 0 Å². The number of aromatic nitrogens is 2. The Morgan fingerprint density at radius 2 is 1.79 bits per heavy atom. The van der Waals surface area contributed by atoms with Crippen molar-refractivity contribution in [3.8, 4) is 16.9 Å². The molecule has 2 aliphatic rings. The number of benzene rings is 3. The van der Waals surface area contributed by atoms with Crippen LogP contribution in [-0.4, -0.2) is 82.5 Å². The summed E-state index contributed by atoms with van der Waals surface area (Å²) in [6.07, 6.45) is 2.17. The molecule has 4 aromatic rings. The molecule has 1 aromatic heterocycles. The van der Waals surface area contributed by atoms with E-state index in [1.807, 2.05) is 45.9 Å². The Kier molecular flexibility index (Phi) is 7.58. The van der Waals surface area contributed by atoms with Crippen LogP contribution >= 0.6 is 0 Å². The number of β-amino-alcohol motifs (C(OH)–C–C–N with tert-alkyl or cyclic N) is 1. The molecular formula is C31H34N4O4.